The second-order valence-electron chi connectivity index (χ2n) is 6.39. The van der Waals surface area contributed by atoms with Gasteiger partial charge in [-0.3, -0.25) is 9.69 Å². The first kappa shape index (κ1) is 18.8. The molecule has 1 N–H and O–H groups in total. The molecule has 0 aliphatic carbocycles. The van der Waals surface area contributed by atoms with Crippen molar-refractivity contribution in [1.29, 1.82) is 5.26 Å². The van der Waals surface area contributed by atoms with Crippen LogP contribution >= 0.6 is 11.3 Å². The van der Waals surface area contributed by atoms with Gasteiger partial charge in [0.15, 0.2) is 0 Å². The van der Waals surface area contributed by atoms with E-state index >= 15 is 0 Å². The maximum Gasteiger partial charge on any atom is 0.239 e. The second-order valence-corrected chi connectivity index (χ2v) is 7.31. The molecule has 7 heteroatoms. The zero-order valence-electron chi connectivity index (χ0n) is 15.6. The largest absolute Gasteiger partial charge is 0.315 e. The predicted octanol–water partition coefficient (Wildman–Crippen LogP) is 3.49. The van der Waals surface area contributed by atoms with E-state index in [1.807, 2.05) is 60.8 Å². The molecule has 138 valence electrons. The summed E-state index contributed by atoms with van der Waals surface area (Å²) in [5.74, 6) is -0.137. The number of nitriles is 1. The first-order valence-electron chi connectivity index (χ1n) is 8.56. The number of carbonyl (C=O) groups is 1. The summed E-state index contributed by atoms with van der Waals surface area (Å²) in [6.45, 7) is 4.88. The minimum Gasteiger partial charge on any atom is -0.315 e. The molecule has 1 aromatic carbocycles. The van der Waals surface area contributed by atoms with Crippen LogP contribution in [0.4, 0.5) is 5.00 Å². The smallest absolute Gasteiger partial charge is 0.239 e. The third-order valence-electron chi connectivity index (χ3n) is 4.32. The van der Waals surface area contributed by atoms with Gasteiger partial charge in [-0.25, -0.2) is 4.68 Å². The molecular formula is C20H21N5OS. The number of likely N-dealkylation sites (N-methyl/N-ethyl adjacent to an activating group) is 1. The topological polar surface area (TPSA) is 74.0 Å². The maximum absolute atomic E-state index is 12.3. The number of hydrogen-bond acceptors (Lipinski definition) is 5. The van der Waals surface area contributed by atoms with E-state index in [1.165, 1.54) is 11.3 Å². The van der Waals surface area contributed by atoms with E-state index in [2.05, 4.69) is 16.5 Å². The molecule has 3 rings (SSSR count). The number of anilines is 1. The molecule has 0 bridgehead atoms. The Morgan fingerprint density at radius 2 is 2.04 bits per heavy atom. The molecule has 0 aliphatic heterocycles. The summed E-state index contributed by atoms with van der Waals surface area (Å²) in [7, 11) is 1.90. The molecule has 1 amide bonds. The van der Waals surface area contributed by atoms with Crippen LogP contribution in [-0.4, -0.2) is 34.2 Å². The van der Waals surface area contributed by atoms with Gasteiger partial charge in [-0.1, -0.05) is 18.2 Å². The van der Waals surface area contributed by atoms with Crippen LogP contribution in [0, 0.1) is 25.2 Å². The minimum atomic E-state index is -0.137. The lowest BCUT2D eigenvalue weighted by atomic mass is 10.2. The van der Waals surface area contributed by atoms with E-state index in [0.29, 0.717) is 17.1 Å². The zero-order valence-corrected chi connectivity index (χ0v) is 16.4. The van der Waals surface area contributed by atoms with Crippen molar-refractivity contribution < 1.29 is 4.79 Å². The van der Waals surface area contributed by atoms with E-state index < -0.39 is 0 Å². The highest BCUT2D eigenvalue weighted by atomic mass is 32.1. The molecular weight excluding hydrogens is 358 g/mol. The lowest BCUT2D eigenvalue weighted by molar-refractivity contribution is -0.117. The molecule has 0 unspecified atom stereocenters. The van der Waals surface area contributed by atoms with Crippen LogP contribution in [0.5, 0.6) is 0 Å². The Labute approximate surface area is 162 Å². The van der Waals surface area contributed by atoms with Crippen LogP contribution in [0.3, 0.4) is 0 Å². The second kappa shape index (κ2) is 8.16. The van der Waals surface area contributed by atoms with Gasteiger partial charge < -0.3 is 5.32 Å². The number of nitrogens with one attached hydrogen (secondary N) is 1. The Kier molecular flexibility index (Phi) is 5.69. The van der Waals surface area contributed by atoms with Crippen molar-refractivity contribution >= 4 is 22.2 Å². The van der Waals surface area contributed by atoms with Gasteiger partial charge >= 0.3 is 0 Å². The van der Waals surface area contributed by atoms with Crippen molar-refractivity contribution in [3.63, 3.8) is 0 Å². The fraction of sp³-hybridized carbons (Fsp3) is 0.250. The maximum atomic E-state index is 12.3. The molecule has 3 aromatic rings. The molecule has 6 nitrogen and oxygen atoms in total. The molecule has 27 heavy (non-hydrogen) atoms. The van der Waals surface area contributed by atoms with Gasteiger partial charge in [0.05, 0.1) is 23.5 Å². The van der Waals surface area contributed by atoms with Crippen LogP contribution < -0.4 is 5.32 Å². The first-order valence-corrected chi connectivity index (χ1v) is 9.44. The fourth-order valence-electron chi connectivity index (χ4n) is 2.96. The number of nitrogens with zero attached hydrogens (tertiary/aromatic N) is 4. The minimum absolute atomic E-state index is 0.137. The van der Waals surface area contributed by atoms with E-state index in [4.69, 9.17) is 5.26 Å². The highest BCUT2D eigenvalue weighted by molar-refractivity contribution is 7.14. The SMILES string of the molecule is Cc1nn(-c2ccccc2)c(C)c1CN(C)CC(=O)Nc1sccc1C#N. The van der Waals surface area contributed by atoms with Gasteiger partial charge in [0.1, 0.15) is 11.1 Å². The number of rotatable bonds is 6. The monoisotopic (exact) mass is 379 g/mol. The molecule has 0 saturated carbocycles. The predicted molar refractivity (Wildman–Crippen MR) is 107 cm³/mol. The Bertz CT molecular complexity index is 984. The lowest BCUT2D eigenvalue weighted by Crippen LogP contribution is -2.30. The van der Waals surface area contributed by atoms with Crippen LogP contribution in [0.2, 0.25) is 0 Å². The first-order chi connectivity index (χ1) is 13.0. The number of hydrogen-bond donors (Lipinski definition) is 1. The summed E-state index contributed by atoms with van der Waals surface area (Å²) in [5.41, 5.74) is 4.64. The van der Waals surface area contributed by atoms with Crippen molar-refractivity contribution in [2.24, 2.45) is 0 Å². The summed E-state index contributed by atoms with van der Waals surface area (Å²) in [6, 6.07) is 13.8. The van der Waals surface area contributed by atoms with Crippen molar-refractivity contribution in [3.05, 3.63) is 64.3 Å². The van der Waals surface area contributed by atoms with Gasteiger partial charge in [-0.2, -0.15) is 10.4 Å². The molecule has 2 heterocycles. The van der Waals surface area contributed by atoms with Gasteiger partial charge in [-0.05, 0) is 44.5 Å². The highest BCUT2D eigenvalue weighted by Gasteiger charge is 2.16. The third kappa shape index (κ3) is 4.25. The Morgan fingerprint density at radius 1 is 1.30 bits per heavy atom. The Hall–Kier alpha value is -2.95. The molecule has 2 aromatic heterocycles. The standard InChI is InChI=1S/C20H21N5OS/c1-14-18(15(2)25(23-14)17-7-5-4-6-8-17)12-24(3)13-19(26)22-20-16(11-21)9-10-27-20/h4-10H,12-13H2,1-3H3,(H,22,26). The van der Waals surface area contributed by atoms with Crippen molar-refractivity contribution in [2.45, 2.75) is 20.4 Å². The summed E-state index contributed by atoms with van der Waals surface area (Å²) in [4.78, 5) is 14.2. The van der Waals surface area contributed by atoms with Gasteiger partial charge in [0.2, 0.25) is 5.91 Å². The average Bonchev–Trinajstić information content (AvgIpc) is 3.21. The summed E-state index contributed by atoms with van der Waals surface area (Å²) >= 11 is 1.35. The molecule has 0 radical (unpaired) electrons. The van der Waals surface area contributed by atoms with Gasteiger partial charge in [0, 0.05) is 17.8 Å². The van der Waals surface area contributed by atoms with Gasteiger partial charge in [-0.15, -0.1) is 11.3 Å². The van der Waals surface area contributed by atoms with Crippen LogP contribution in [0.25, 0.3) is 5.69 Å². The average molecular weight is 379 g/mol. The molecule has 0 saturated heterocycles. The van der Waals surface area contributed by atoms with Crippen LogP contribution in [0.1, 0.15) is 22.5 Å². The lowest BCUT2D eigenvalue weighted by Gasteiger charge is -2.16. The number of carbonyl (C=O) groups excluding carboxylic acids is 1. The quantitative estimate of drug-likeness (QED) is 0.711. The summed E-state index contributed by atoms with van der Waals surface area (Å²) in [5, 5.41) is 18.9. The number of thiophene rings is 1. The van der Waals surface area contributed by atoms with E-state index in [9.17, 15) is 4.79 Å². The zero-order chi connectivity index (χ0) is 19.4. The Morgan fingerprint density at radius 3 is 2.74 bits per heavy atom. The van der Waals surface area contributed by atoms with Crippen LogP contribution in [-0.2, 0) is 11.3 Å². The third-order valence-corrected chi connectivity index (χ3v) is 5.15. The van der Waals surface area contributed by atoms with E-state index in [0.717, 1.165) is 22.6 Å². The van der Waals surface area contributed by atoms with Crippen molar-refractivity contribution in [3.8, 4) is 11.8 Å². The molecule has 0 aliphatic rings. The van der Waals surface area contributed by atoms with E-state index in [1.54, 1.807) is 11.4 Å². The summed E-state index contributed by atoms with van der Waals surface area (Å²) < 4.78 is 1.93. The van der Waals surface area contributed by atoms with Crippen molar-refractivity contribution in [2.75, 3.05) is 18.9 Å². The normalized spacial score (nSPS) is 10.8. The number of amides is 1. The highest BCUT2D eigenvalue weighted by Crippen LogP contribution is 2.22. The molecule has 0 atom stereocenters. The van der Waals surface area contributed by atoms with Crippen molar-refractivity contribution in [1.82, 2.24) is 14.7 Å². The summed E-state index contributed by atoms with van der Waals surface area (Å²) in [6.07, 6.45) is 0. The van der Waals surface area contributed by atoms with Gasteiger partial charge in [0.25, 0.3) is 0 Å². The van der Waals surface area contributed by atoms with Crippen LogP contribution in [0.15, 0.2) is 41.8 Å². The number of para-hydroxylation sites is 1. The fourth-order valence-corrected chi connectivity index (χ4v) is 3.71. The molecule has 0 fully saturated rings. The molecule has 0 spiro atoms. The van der Waals surface area contributed by atoms with E-state index in [-0.39, 0.29) is 12.5 Å². The number of benzene rings is 1. The Balaban J connectivity index is 1.68. The number of aryl methyl sites for hydroxylation is 1. The number of aromatic nitrogens is 2.